The van der Waals surface area contributed by atoms with Crippen LogP contribution in [0.3, 0.4) is 0 Å². The summed E-state index contributed by atoms with van der Waals surface area (Å²) in [6.07, 6.45) is 6.26. The van der Waals surface area contributed by atoms with Gasteiger partial charge in [0.15, 0.2) is 5.96 Å². The second-order valence-electron chi connectivity index (χ2n) is 5.84. The van der Waals surface area contributed by atoms with Crippen molar-refractivity contribution in [2.24, 2.45) is 4.99 Å². The van der Waals surface area contributed by atoms with Gasteiger partial charge in [0.25, 0.3) is 0 Å². The van der Waals surface area contributed by atoms with Crippen LogP contribution in [0.2, 0.25) is 0 Å². The summed E-state index contributed by atoms with van der Waals surface area (Å²) in [6.45, 7) is 2.64. The molecule has 1 saturated heterocycles. The molecule has 2 aromatic rings. The Labute approximate surface area is 175 Å². The van der Waals surface area contributed by atoms with E-state index in [1.165, 1.54) is 23.5 Å². The van der Waals surface area contributed by atoms with Crippen LogP contribution in [-0.4, -0.2) is 36.6 Å². The fourth-order valence-corrected chi connectivity index (χ4v) is 4.56. The summed E-state index contributed by atoms with van der Waals surface area (Å²) in [5.74, 6) is 3.21. The average molecular weight is 491 g/mol. The molecule has 0 saturated carbocycles. The molecule has 0 aromatic carbocycles. The van der Waals surface area contributed by atoms with Crippen LogP contribution in [0.25, 0.3) is 0 Å². The van der Waals surface area contributed by atoms with E-state index >= 15 is 0 Å². The summed E-state index contributed by atoms with van der Waals surface area (Å²) in [5.41, 5.74) is 0. The molecule has 2 aromatic heterocycles. The highest BCUT2D eigenvalue weighted by Crippen LogP contribution is 2.25. The molecule has 1 unspecified atom stereocenters. The first kappa shape index (κ1) is 20.6. The fourth-order valence-electron chi connectivity index (χ4n) is 2.67. The van der Waals surface area contributed by atoms with Gasteiger partial charge in [0, 0.05) is 29.6 Å². The smallest absolute Gasteiger partial charge is 0.191 e. The molecule has 1 fully saturated rings. The van der Waals surface area contributed by atoms with Crippen LogP contribution in [0, 0.1) is 0 Å². The Morgan fingerprint density at radius 3 is 2.76 bits per heavy atom. The summed E-state index contributed by atoms with van der Waals surface area (Å²) >= 11 is 3.86. The number of hydrogen-bond acceptors (Lipinski definition) is 4. The molecule has 0 amide bonds. The zero-order valence-electron chi connectivity index (χ0n) is 14.3. The summed E-state index contributed by atoms with van der Waals surface area (Å²) in [6, 6.07) is 8.23. The van der Waals surface area contributed by atoms with E-state index in [0.717, 1.165) is 44.2 Å². The maximum atomic E-state index is 5.38. The second-order valence-corrected chi connectivity index (χ2v) is 8.28. The third kappa shape index (κ3) is 7.62. The zero-order valence-corrected chi connectivity index (χ0v) is 18.2. The van der Waals surface area contributed by atoms with E-state index < -0.39 is 0 Å². The van der Waals surface area contributed by atoms with Gasteiger partial charge in [-0.1, -0.05) is 6.07 Å². The number of halogens is 1. The number of thiophene rings is 1. The molecule has 1 aliphatic rings. The SMILES string of the molecule is I.c1coc(CCNC(=NCC2CCCS2)NCCc2cccs2)c1. The van der Waals surface area contributed by atoms with Crippen LogP contribution in [0.4, 0.5) is 0 Å². The first-order valence-corrected chi connectivity index (χ1v) is 10.5. The highest BCUT2D eigenvalue weighted by atomic mass is 127. The van der Waals surface area contributed by atoms with Crippen molar-refractivity contribution < 1.29 is 4.42 Å². The van der Waals surface area contributed by atoms with Crippen molar-refractivity contribution in [3.63, 3.8) is 0 Å². The van der Waals surface area contributed by atoms with Crippen molar-refractivity contribution in [3.05, 3.63) is 46.5 Å². The van der Waals surface area contributed by atoms with Gasteiger partial charge in [-0.05, 0) is 48.6 Å². The molecule has 3 rings (SSSR count). The van der Waals surface area contributed by atoms with Crippen LogP contribution < -0.4 is 10.6 Å². The monoisotopic (exact) mass is 491 g/mol. The molecule has 25 heavy (non-hydrogen) atoms. The first-order chi connectivity index (χ1) is 11.9. The van der Waals surface area contributed by atoms with E-state index in [-0.39, 0.29) is 24.0 Å². The third-order valence-corrected chi connectivity index (χ3v) is 6.28. The standard InChI is InChI=1S/C18H25N3OS2.HI/c1-4-15(22-11-1)7-9-19-18(21-14-17-6-3-13-24-17)20-10-8-16-5-2-12-23-16;/h1-2,4-5,11-12,17H,3,6-10,13-14H2,(H2,19,20,21);1H. The molecule has 0 aliphatic carbocycles. The molecule has 4 nitrogen and oxygen atoms in total. The Kier molecular flexibility index (Phi) is 9.78. The second kappa shape index (κ2) is 11.9. The van der Waals surface area contributed by atoms with Gasteiger partial charge in [-0.2, -0.15) is 11.8 Å². The number of nitrogens with zero attached hydrogens (tertiary/aromatic N) is 1. The van der Waals surface area contributed by atoms with E-state index in [9.17, 15) is 0 Å². The largest absolute Gasteiger partial charge is 0.469 e. The van der Waals surface area contributed by atoms with Gasteiger partial charge in [0.2, 0.25) is 0 Å². The lowest BCUT2D eigenvalue weighted by molar-refractivity contribution is 0.506. The minimum Gasteiger partial charge on any atom is -0.469 e. The van der Waals surface area contributed by atoms with Crippen LogP contribution >= 0.6 is 47.1 Å². The maximum Gasteiger partial charge on any atom is 0.191 e. The Bertz CT molecular complexity index is 554. The highest BCUT2D eigenvalue weighted by Gasteiger charge is 2.15. The lowest BCUT2D eigenvalue weighted by Gasteiger charge is -2.13. The number of guanidine groups is 1. The summed E-state index contributed by atoms with van der Waals surface area (Å²) in [4.78, 5) is 6.20. The average Bonchev–Trinajstić information content (AvgIpc) is 3.34. The van der Waals surface area contributed by atoms with Gasteiger partial charge >= 0.3 is 0 Å². The topological polar surface area (TPSA) is 49.6 Å². The Hall–Kier alpha value is -0.670. The van der Waals surface area contributed by atoms with Crippen molar-refractivity contribution in [2.45, 2.75) is 30.9 Å². The molecule has 2 N–H and O–H groups in total. The number of nitrogens with one attached hydrogen (secondary N) is 2. The molecule has 3 heterocycles. The zero-order chi connectivity index (χ0) is 16.5. The van der Waals surface area contributed by atoms with E-state index in [1.807, 2.05) is 23.5 Å². The minimum atomic E-state index is 0. The fraction of sp³-hybridized carbons (Fsp3) is 0.500. The van der Waals surface area contributed by atoms with Gasteiger partial charge in [-0.15, -0.1) is 35.3 Å². The number of thioether (sulfide) groups is 1. The summed E-state index contributed by atoms with van der Waals surface area (Å²) in [5, 5.41) is 9.72. The first-order valence-electron chi connectivity index (χ1n) is 8.59. The van der Waals surface area contributed by atoms with Crippen molar-refractivity contribution in [3.8, 4) is 0 Å². The normalized spacial score (nSPS) is 17.3. The number of aliphatic imine (C=N–C) groups is 1. The number of hydrogen-bond donors (Lipinski definition) is 2. The Morgan fingerprint density at radius 2 is 2.08 bits per heavy atom. The van der Waals surface area contributed by atoms with Crippen molar-refractivity contribution in [1.82, 2.24) is 10.6 Å². The summed E-state index contributed by atoms with van der Waals surface area (Å²) < 4.78 is 5.38. The van der Waals surface area contributed by atoms with E-state index in [4.69, 9.17) is 9.41 Å². The quantitative estimate of drug-likeness (QED) is 0.331. The van der Waals surface area contributed by atoms with Crippen LogP contribution in [0.1, 0.15) is 23.5 Å². The van der Waals surface area contributed by atoms with Crippen LogP contribution in [-0.2, 0) is 12.8 Å². The minimum absolute atomic E-state index is 0. The molecule has 1 atom stereocenters. The molecular weight excluding hydrogens is 465 g/mol. The molecule has 0 radical (unpaired) electrons. The summed E-state index contributed by atoms with van der Waals surface area (Å²) in [7, 11) is 0. The predicted octanol–water partition coefficient (Wildman–Crippen LogP) is 4.18. The third-order valence-electron chi connectivity index (χ3n) is 3.96. The van der Waals surface area contributed by atoms with Crippen LogP contribution in [0.5, 0.6) is 0 Å². The Morgan fingerprint density at radius 1 is 1.20 bits per heavy atom. The lowest BCUT2D eigenvalue weighted by Crippen LogP contribution is -2.39. The number of rotatable bonds is 8. The molecule has 138 valence electrons. The van der Waals surface area contributed by atoms with Gasteiger partial charge in [0.05, 0.1) is 12.8 Å². The highest BCUT2D eigenvalue weighted by molar-refractivity contribution is 14.0. The molecule has 0 spiro atoms. The van der Waals surface area contributed by atoms with Gasteiger partial charge < -0.3 is 15.1 Å². The molecule has 1 aliphatic heterocycles. The van der Waals surface area contributed by atoms with Crippen LogP contribution in [0.15, 0.2) is 45.3 Å². The number of furan rings is 1. The maximum absolute atomic E-state index is 5.38. The van der Waals surface area contributed by atoms with Gasteiger partial charge in [0.1, 0.15) is 5.76 Å². The Balaban J connectivity index is 0.00000225. The van der Waals surface area contributed by atoms with Crippen molar-refractivity contribution >= 4 is 53.0 Å². The predicted molar refractivity (Wildman–Crippen MR) is 120 cm³/mol. The lowest BCUT2D eigenvalue weighted by atomic mass is 10.2. The van der Waals surface area contributed by atoms with E-state index in [1.54, 1.807) is 6.26 Å². The molecule has 7 heteroatoms. The van der Waals surface area contributed by atoms with E-state index in [2.05, 4.69) is 39.9 Å². The van der Waals surface area contributed by atoms with Gasteiger partial charge in [-0.3, -0.25) is 4.99 Å². The molecular formula is C18H26IN3OS2. The van der Waals surface area contributed by atoms with E-state index in [0.29, 0.717) is 5.25 Å². The molecule has 0 bridgehead atoms. The van der Waals surface area contributed by atoms with Crippen molar-refractivity contribution in [2.75, 3.05) is 25.4 Å². The van der Waals surface area contributed by atoms with Crippen molar-refractivity contribution in [1.29, 1.82) is 0 Å². The van der Waals surface area contributed by atoms with Gasteiger partial charge in [-0.25, -0.2) is 0 Å².